The Morgan fingerprint density at radius 1 is 1.00 bits per heavy atom. The van der Waals surface area contributed by atoms with Crippen LogP contribution in [0.4, 0.5) is 5.69 Å². The zero-order valence-corrected chi connectivity index (χ0v) is 17.7. The molecule has 0 aromatic heterocycles. The van der Waals surface area contributed by atoms with Gasteiger partial charge in [-0.05, 0) is 54.4 Å². The minimum absolute atomic E-state index is 0.0257. The molecule has 0 unspecified atom stereocenters. The van der Waals surface area contributed by atoms with Gasteiger partial charge in [0, 0.05) is 5.69 Å². The number of hydrogen-bond donors (Lipinski definition) is 3. The number of amides is 2. The fourth-order valence-corrected chi connectivity index (χ4v) is 3.84. The fraction of sp³-hybridized carbons (Fsp3) is 0.300. The summed E-state index contributed by atoms with van der Waals surface area (Å²) in [6.45, 7) is 3.22. The van der Waals surface area contributed by atoms with Gasteiger partial charge in [0.25, 0.3) is 5.91 Å². The molecule has 0 bridgehead atoms. The average Bonchev–Trinajstić information content (AvgIpc) is 2.71. The number of benzene rings is 2. The zero-order chi connectivity index (χ0) is 22.3. The number of carbonyl (C=O) groups excluding carboxylic acids is 2. The van der Waals surface area contributed by atoms with Gasteiger partial charge in [-0.2, -0.15) is 4.72 Å². The predicted octanol–water partition coefficient (Wildman–Crippen LogP) is 1.50. The summed E-state index contributed by atoms with van der Waals surface area (Å²) in [5.74, 6) is -0.483. The lowest BCUT2D eigenvalue weighted by molar-refractivity contribution is -0.120. The van der Waals surface area contributed by atoms with Crippen molar-refractivity contribution < 1.29 is 27.5 Å². The first kappa shape index (κ1) is 23.2. The first-order chi connectivity index (χ1) is 14.1. The molecule has 9 nitrogen and oxygen atoms in total. The van der Waals surface area contributed by atoms with Crippen LogP contribution >= 0.6 is 0 Å². The second kappa shape index (κ2) is 10.1. The van der Waals surface area contributed by atoms with Crippen molar-refractivity contribution in [1.29, 1.82) is 0 Å². The van der Waals surface area contributed by atoms with E-state index in [1.165, 1.54) is 31.4 Å². The maximum atomic E-state index is 12.7. The van der Waals surface area contributed by atoms with Crippen molar-refractivity contribution in [3.8, 4) is 11.5 Å². The highest BCUT2D eigenvalue weighted by atomic mass is 32.2. The van der Waals surface area contributed by atoms with Crippen molar-refractivity contribution in [3.05, 3.63) is 48.5 Å². The van der Waals surface area contributed by atoms with Gasteiger partial charge >= 0.3 is 0 Å². The molecule has 0 aliphatic carbocycles. The smallest absolute Gasteiger partial charge is 0.255 e. The number of anilines is 1. The fourth-order valence-electron chi connectivity index (χ4n) is 2.49. The highest BCUT2D eigenvalue weighted by molar-refractivity contribution is 7.89. The lowest BCUT2D eigenvalue weighted by atomic mass is 10.0. The molecule has 10 heteroatoms. The van der Waals surface area contributed by atoms with Crippen LogP contribution < -0.4 is 25.2 Å². The molecule has 30 heavy (non-hydrogen) atoms. The second-order valence-electron chi connectivity index (χ2n) is 6.79. The molecule has 2 rings (SSSR count). The van der Waals surface area contributed by atoms with E-state index in [2.05, 4.69) is 10.0 Å². The molecule has 162 valence electrons. The van der Waals surface area contributed by atoms with E-state index in [-0.39, 0.29) is 17.4 Å². The largest absolute Gasteiger partial charge is 0.497 e. The number of sulfonamides is 1. The van der Waals surface area contributed by atoms with Crippen LogP contribution in [0.2, 0.25) is 0 Å². The number of nitrogens with one attached hydrogen (secondary N) is 2. The quantitative estimate of drug-likeness (QED) is 0.517. The van der Waals surface area contributed by atoms with Gasteiger partial charge in [-0.15, -0.1) is 0 Å². The summed E-state index contributed by atoms with van der Waals surface area (Å²) in [6.07, 6.45) is 0. The van der Waals surface area contributed by atoms with Crippen molar-refractivity contribution in [2.45, 2.75) is 24.8 Å². The Bertz CT molecular complexity index is 973. The van der Waals surface area contributed by atoms with Gasteiger partial charge in [-0.25, -0.2) is 8.42 Å². The normalized spacial score (nSPS) is 12.3. The van der Waals surface area contributed by atoms with E-state index in [0.29, 0.717) is 17.2 Å². The summed E-state index contributed by atoms with van der Waals surface area (Å²) >= 11 is 0. The van der Waals surface area contributed by atoms with Crippen molar-refractivity contribution in [2.24, 2.45) is 11.7 Å². The number of methoxy groups -OCH3 is 1. The van der Waals surface area contributed by atoms with Gasteiger partial charge in [0.05, 0.1) is 12.0 Å². The van der Waals surface area contributed by atoms with Crippen molar-refractivity contribution in [1.82, 2.24) is 4.72 Å². The van der Waals surface area contributed by atoms with Crippen LogP contribution in [0.25, 0.3) is 0 Å². The maximum Gasteiger partial charge on any atom is 0.255 e. The third-order valence-electron chi connectivity index (χ3n) is 4.10. The van der Waals surface area contributed by atoms with E-state index in [9.17, 15) is 18.0 Å². The zero-order valence-electron chi connectivity index (χ0n) is 16.9. The van der Waals surface area contributed by atoms with Gasteiger partial charge in [0.15, 0.2) is 6.61 Å². The molecule has 1 atom stereocenters. The van der Waals surface area contributed by atoms with E-state index in [1.807, 2.05) is 0 Å². The standard InChI is InChI=1S/C20H25N3O6S/c1-13(2)19(23-30(26,27)17-10-8-15(28-3)9-11-17)20(25)22-14-4-6-16(7-5-14)29-12-18(21)24/h4-11,13,19,23H,12H2,1-3H3,(H2,21,24)(H,22,25)/t19-/m0/s1. The van der Waals surface area contributed by atoms with Gasteiger partial charge in [0.1, 0.15) is 17.5 Å². The lowest BCUT2D eigenvalue weighted by Crippen LogP contribution is -2.47. The van der Waals surface area contributed by atoms with Crippen LogP contribution in [0.3, 0.4) is 0 Å². The van der Waals surface area contributed by atoms with E-state index >= 15 is 0 Å². The van der Waals surface area contributed by atoms with Gasteiger partial charge in [-0.1, -0.05) is 13.8 Å². The van der Waals surface area contributed by atoms with E-state index in [0.717, 1.165) is 0 Å². The average molecular weight is 436 g/mol. The van der Waals surface area contributed by atoms with Gasteiger partial charge < -0.3 is 20.5 Å². The molecule has 0 aliphatic heterocycles. The van der Waals surface area contributed by atoms with E-state index in [4.69, 9.17) is 15.2 Å². The Hall–Kier alpha value is -3.11. The monoisotopic (exact) mass is 435 g/mol. The SMILES string of the molecule is COc1ccc(S(=O)(=O)N[C@H](C(=O)Nc2ccc(OCC(N)=O)cc2)C(C)C)cc1. The number of rotatable bonds is 10. The summed E-state index contributed by atoms with van der Waals surface area (Å²) in [5, 5.41) is 2.67. The van der Waals surface area contributed by atoms with E-state index in [1.54, 1.807) is 38.1 Å². The number of carbonyl (C=O) groups is 2. The molecule has 0 saturated carbocycles. The number of primary amides is 1. The van der Waals surface area contributed by atoms with Crippen LogP contribution in [-0.2, 0) is 19.6 Å². The Balaban J connectivity index is 2.09. The summed E-state index contributed by atoms with van der Waals surface area (Å²) in [7, 11) is -2.44. The molecule has 4 N–H and O–H groups in total. The third kappa shape index (κ3) is 6.46. The molecule has 0 fully saturated rings. The van der Waals surface area contributed by atoms with Crippen LogP contribution in [0, 0.1) is 5.92 Å². The molecule has 0 spiro atoms. The maximum absolute atomic E-state index is 12.7. The Morgan fingerprint density at radius 2 is 1.57 bits per heavy atom. The summed E-state index contributed by atoms with van der Waals surface area (Å²) in [6, 6.07) is 11.1. The number of nitrogens with two attached hydrogens (primary N) is 1. The van der Waals surface area contributed by atoms with Crippen LogP contribution in [0.1, 0.15) is 13.8 Å². The van der Waals surface area contributed by atoms with Crippen LogP contribution in [0.5, 0.6) is 11.5 Å². The molecule has 0 saturated heterocycles. The van der Waals surface area contributed by atoms with Crippen molar-refractivity contribution in [3.63, 3.8) is 0 Å². The first-order valence-corrected chi connectivity index (χ1v) is 10.6. The molecule has 0 aliphatic rings. The number of ether oxygens (including phenoxy) is 2. The molecule has 2 amide bonds. The predicted molar refractivity (Wildman–Crippen MR) is 112 cm³/mol. The summed E-state index contributed by atoms with van der Waals surface area (Å²) in [5.41, 5.74) is 5.47. The third-order valence-corrected chi connectivity index (χ3v) is 5.56. The Labute approximate surface area is 175 Å². The van der Waals surface area contributed by atoms with Crippen LogP contribution in [0.15, 0.2) is 53.4 Å². The van der Waals surface area contributed by atoms with Crippen molar-refractivity contribution in [2.75, 3.05) is 19.0 Å². The molecule has 2 aromatic carbocycles. The van der Waals surface area contributed by atoms with Gasteiger partial charge in [-0.3, -0.25) is 9.59 Å². The molecule has 0 radical (unpaired) electrons. The highest BCUT2D eigenvalue weighted by Gasteiger charge is 2.28. The molecule has 0 heterocycles. The number of hydrogen-bond acceptors (Lipinski definition) is 6. The summed E-state index contributed by atoms with van der Waals surface area (Å²) in [4.78, 5) is 23.5. The van der Waals surface area contributed by atoms with Gasteiger partial charge in [0.2, 0.25) is 15.9 Å². The molecular formula is C20H25N3O6S. The van der Waals surface area contributed by atoms with Crippen LogP contribution in [-0.4, -0.2) is 40.0 Å². The minimum atomic E-state index is -3.92. The lowest BCUT2D eigenvalue weighted by Gasteiger charge is -2.22. The van der Waals surface area contributed by atoms with Crippen molar-refractivity contribution >= 4 is 27.5 Å². The topological polar surface area (TPSA) is 137 Å². The Morgan fingerprint density at radius 3 is 2.07 bits per heavy atom. The first-order valence-electron chi connectivity index (χ1n) is 9.11. The molecular weight excluding hydrogens is 410 g/mol. The highest BCUT2D eigenvalue weighted by Crippen LogP contribution is 2.19. The Kier molecular flexibility index (Phi) is 7.79. The molecule has 2 aromatic rings. The second-order valence-corrected chi connectivity index (χ2v) is 8.50. The minimum Gasteiger partial charge on any atom is -0.497 e. The van der Waals surface area contributed by atoms with E-state index < -0.39 is 27.9 Å². The summed E-state index contributed by atoms with van der Waals surface area (Å²) < 4.78 is 38.0.